The van der Waals surface area contributed by atoms with Crippen molar-refractivity contribution in [1.82, 2.24) is 5.48 Å². The minimum absolute atomic E-state index is 0.532. The minimum Gasteiger partial charge on any atom is -0.463 e. The second-order valence-electron chi connectivity index (χ2n) is 4.89. The lowest BCUT2D eigenvalue weighted by Crippen LogP contribution is -2.53. The van der Waals surface area contributed by atoms with Crippen LogP contribution in [0.25, 0.3) is 0 Å². The summed E-state index contributed by atoms with van der Waals surface area (Å²) in [5.74, 6) is -2.82. The quantitative estimate of drug-likeness (QED) is 0.215. The molecule has 142 valence electrons. The van der Waals surface area contributed by atoms with Crippen LogP contribution in [0.1, 0.15) is 27.7 Å². The summed E-state index contributed by atoms with van der Waals surface area (Å²) in [5, 5.41) is 11.2. The van der Waals surface area contributed by atoms with E-state index in [1.807, 2.05) is 5.48 Å². The van der Waals surface area contributed by atoms with Gasteiger partial charge in [0.05, 0.1) is 0 Å². The van der Waals surface area contributed by atoms with Gasteiger partial charge in [-0.05, 0) is 0 Å². The maximum absolute atomic E-state index is 11.4. The van der Waals surface area contributed by atoms with Gasteiger partial charge in [-0.2, -0.15) is 0 Å². The molecule has 0 aromatic carbocycles. The monoisotopic (exact) mass is 379 g/mol. The van der Waals surface area contributed by atoms with E-state index in [1.165, 1.54) is 6.92 Å². The molecule has 2 N–H and O–H groups in total. The lowest BCUT2D eigenvalue weighted by molar-refractivity contribution is -0.193. The van der Waals surface area contributed by atoms with Crippen LogP contribution in [0.3, 0.4) is 0 Å². The SMILES string of the molecule is CC(=O)NO[C@@H](C=S)[C@@H](OC(C)=O)[C@H](OC(C)=O)[C@H](O)COC(C)=O. The lowest BCUT2D eigenvalue weighted by atomic mass is 10.0. The highest BCUT2D eigenvalue weighted by molar-refractivity contribution is 7.79. The smallest absolute Gasteiger partial charge is 0.303 e. The Labute approximate surface area is 149 Å². The molecule has 0 aliphatic carbocycles. The summed E-state index contributed by atoms with van der Waals surface area (Å²) in [6.45, 7) is 3.90. The summed E-state index contributed by atoms with van der Waals surface area (Å²) < 4.78 is 14.7. The third-order valence-corrected chi connectivity index (χ3v) is 2.83. The number of amides is 1. The summed E-state index contributed by atoms with van der Waals surface area (Å²) in [4.78, 5) is 49.6. The molecule has 0 aromatic heterocycles. The molecule has 0 fully saturated rings. The summed E-state index contributed by atoms with van der Waals surface area (Å²) in [6.07, 6.45) is -5.66. The molecule has 0 saturated heterocycles. The number of ether oxygens (including phenoxy) is 3. The average Bonchev–Trinajstić information content (AvgIpc) is 2.48. The Morgan fingerprint density at radius 3 is 1.92 bits per heavy atom. The zero-order valence-electron chi connectivity index (χ0n) is 14.2. The van der Waals surface area contributed by atoms with Crippen molar-refractivity contribution in [3.05, 3.63) is 0 Å². The largest absolute Gasteiger partial charge is 0.463 e. The van der Waals surface area contributed by atoms with Crippen LogP contribution >= 0.6 is 12.2 Å². The Hall–Kier alpha value is -2.11. The van der Waals surface area contributed by atoms with Crippen LogP contribution in [-0.2, 0) is 38.2 Å². The Morgan fingerprint density at radius 2 is 1.52 bits per heavy atom. The first kappa shape index (κ1) is 22.9. The standard InChI is InChI=1S/C14H21NO9S/c1-7(16)15-24-12(6-25)14(23-10(4)19)13(22-9(3)18)11(20)5-21-8(2)17/h6,11-14,20H,5H2,1-4H3,(H,15,16)/t11-,12+,13-,14-/m1/s1. The second kappa shape index (κ2) is 11.4. The van der Waals surface area contributed by atoms with Crippen LogP contribution in [0, 0.1) is 0 Å². The van der Waals surface area contributed by atoms with Crippen molar-refractivity contribution >= 4 is 41.4 Å². The summed E-state index contributed by atoms with van der Waals surface area (Å²) in [6, 6.07) is 0. The Morgan fingerprint density at radius 1 is 1.00 bits per heavy atom. The van der Waals surface area contributed by atoms with Crippen molar-refractivity contribution in [2.24, 2.45) is 0 Å². The first-order valence-corrected chi connectivity index (χ1v) is 7.59. The molecule has 25 heavy (non-hydrogen) atoms. The summed E-state index contributed by atoms with van der Waals surface area (Å²) >= 11 is 4.78. The number of hydroxylamine groups is 1. The molecule has 0 aliphatic heterocycles. The van der Waals surface area contributed by atoms with Gasteiger partial charge in [0.25, 0.3) is 0 Å². The van der Waals surface area contributed by atoms with Gasteiger partial charge in [-0.25, -0.2) is 5.48 Å². The van der Waals surface area contributed by atoms with Gasteiger partial charge in [-0.15, -0.1) is 0 Å². The van der Waals surface area contributed by atoms with Crippen LogP contribution in [0.2, 0.25) is 0 Å². The van der Waals surface area contributed by atoms with E-state index in [9.17, 15) is 24.3 Å². The molecule has 0 aliphatic rings. The van der Waals surface area contributed by atoms with E-state index in [0.717, 1.165) is 26.1 Å². The number of hydrogen-bond donors (Lipinski definition) is 2. The van der Waals surface area contributed by atoms with Crippen LogP contribution in [0.5, 0.6) is 0 Å². The average molecular weight is 379 g/mol. The van der Waals surface area contributed by atoms with E-state index in [0.29, 0.717) is 0 Å². The number of aliphatic hydroxyl groups is 1. The first-order valence-electron chi connectivity index (χ1n) is 7.11. The predicted octanol–water partition coefficient (Wildman–Crippen LogP) is -0.790. The number of carbonyl (C=O) groups is 4. The third-order valence-electron chi connectivity index (χ3n) is 2.56. The van der Waals surface area contributed by atoms with E-state index in [-0.39, 0.29) is 0 Å². The molecule has 0 unspecified atom stereocenters. The highest BCUT2D eigenvalue weighted by atomic mass is 32.1. The molecule has 11 heteroatoms. The Balaban J connectivity index is 5.51. The molecule has 0 spiro atoms. The number of aliphatic hydroxyl groups excluding tert-OH is 1. The molecule has 0 heterocycles. The molecular formula is C14H21NO9S. The van der Waals surface area contributed by atoms with Crippen molar-refractivity contribution in [2.45, 2.75) is 52.1 Å². The van der Waals surface area contributed by atoms with Gasteiger partial charge < -0.3 is 19.3 Å². The molecule has 10 nitrogen and oxygen atoms in total. The lowest BCUT2D eigenvalue weighted by Gasteiger charge is -2.32. The van der Waals surface area contributed by atoms with Crippen LogP contribution < -0.4 is 5.48 Å². The molecule has 0 rings (SSSR count). The second-order valence-corrected chi connectivity index (χ2v) is 5.17. The minimum atomic E-state index is -1.55. The number of rotatable bonds is 10. The maximum atomic E-state index is 11.4. The van der Waals surface area contributed by atoms with Gasteiger partial charge in [0, 0.05) is 33.1 Å². The fraction of sp³-hybridized carbons (Fsp3) is 0.643. The highest BCUT2D eigenvalue weighted by Gasteiger charge is 2.40. The maximum Gasteiger partial charge on any atom is 0.303 e. The zero-order chi connectivity index (χ0) is 19.6. The van der Waals surface area contributed by atoms with E-state index in [4.69, 9.17) is 26.5 Å². The van der Waals surface area contributed by atoms with Crippen molar-refractivity contribution in [1.29, 1.82) is 0 Å². The first-order chi connectivity index (χ1) is 11.6. The van der Waals surface area contributed by atoms with E-state index in [2.05, 4.69) is 4.74 Å². The van der Waals surface area contributed by atoms with E-state index >= 15 is 0 Å². The fourth-order valence-corrected chi connectivity index (χ4v) is 1.90. The van der Waals surface area contributed by atoms with Crippen LogP contribution in [0.4, 0.5) is 0 Å². The molecule has 1 amide bonds. The molecule has 0 saturated carbocycles. The molecule has 0 aromatic rings. The number of esters is 3. The predicted molar refractivity (Wildman–Crippen MR) is 86.1 cm³/mol. The Kier molecular flexibility index (Phi) is 10.5. The third kappa shape index (κ3) is 9.69. The molecule has 4 atom stereocenters. The van der Waals surface area contributed by atoms with Crippen molar-refractivity contribution in [3.8, 4) is 0 Å². The number of hydrogen-bond acceptors (Lipinski definition) is 10. The zero-order valence-corrected chi connectivity index (χ0v) is 15.0. The van der Waals surface area contributed by atoms with Gasteiger partial charge in [-0.1, -0.05) is 12.2 Å². The molecule has 0 radical (unpaired) electrons. The normalized spacial score (nSPS) is 15.1. The fourth-order valence-electron chi connectivity index (χ4n) is 1.69. The summed E-state index contributed by atoms with van der Waals surface area (Å²) in [5.41, 5.74) is 2.01. The van der Waals surface area contributed by atoms with Gasteiger partial charge in [0.2, 0.25) is 5.91 Å². The summed E-state index contributed by atoms with van der Waals surface area (Å²) in [7, 11) is 0. The van der Waals surface area contributed by atoms with E-state index in [1.54, 1.807) is 0 Å². The van der Waals surface area contributed by atoms with Crippen molar-refractivity contribution in [2.75, 3.05) is 6.61 Å². The topological polar surface area (TPSA) is 137 Å². The van der Waals surface area contributed by atoms with Crippen molar-refractivity contribution in [3.63, 3.8) is 0 Å². The van der Waals surface area contributed by atoms with Crippen LogP contribution in [0.15, 0.2) is 0 Å². The number of nitrogens with one attached hydrogen (secondary N) is 1. The van der Waals surface area contributed by atoms with Gasteiger partial charge in [-0.3, -0.25) is 24.0 Å². The van der Waals surface area contributed by atoms with Gasteiger partial charge in [0.1, 0.15) is 12.7 Å². The highest BCUT2D eigenvalue weighted by Crippen LogP contribution is 2.16. The van der Waals surface area contributed by atoms with E-state index < -0.39 is 54.8 Å². The molecular weight excluding hydrogens is 358 g/mol. The number of thiocarbonyl (C=S) groups is 1. The molecule has 0 bridgehead atoms. The van der Waals surface area contributed by atoms with Crippen LogP contribution in [-0.4, -0.2) is 65.3 Å². The van der Waals surface area contributed by atoms with Gasteiger partial charge >= 0.3 is 17.9 Å². The number of carbonyl (C=O) groups excluding carboxylic acids is 4. The van der Waals surface area contributed by atoms with Crippen molar-refractivity contribution < 1.29 is 43.3 Å². The van der Waals surface area contributed by atoms with Gasteiger partial charge in [0.15, 0.2) is 18.3 Å². The Bertz CT molecular complexity index is 511.